The number of fused-ring (bicyclic) bond motifs is 2. The first-order valence-electron chi connectivity index (χ1n) is 11.3. The smallest absolute Gasteiger partial charge is 0.470 e. The van der Waals surface area contributed by atoms with E-state index in [4.69, 9.17) is 9.47 Å². The Morgan fingerprint density at radius 1 is 1.11 bits per heavy atom. The van der Waals surface area contributed by atoms with Crippen LogP contribution >= 0.6 is 0 Å². The van der Waals surface area contributed by atoms with Crippen molar-refractivity contribution in [1.82, 2.24) is 10.3 Å². The number of ether oxygens (including phenoxy) is 3. The first kappa shape index (κ1) is 24.2. The van der Waals surface area contributed by atoms with E-state index in [1.165, 1.54) is 12.1 Å². The zero-order valence-electron chi connectivity index (χ0n) is 19.4. The minimum absolute atomic E-state index is 0.0873. The van der Waals surface area contributed by atoms with Gasteiger partial charge in [-0.25, -0.2) is 9.78 Å². The van der Waals surface area contributed by atoms with Crippen molar-refractivity contribution >= 4 is 23.4 Å². The molecular formula is C25H21F3N4O5. The van der Waals surface area contributed by atoms with Crippen LogP contribution in [0.4, 0.5) is 29.5 Å². The highest BCUT2D eigenvalue weighted by Crippen LogP contribution is 2.41. The Morgan fingerprint density at radius 2 is 1.86 bits per heavy atom. The van der Waals surface area contributed by atoms with Crippen LogP contribution in [-0.2, 0) is 11.2 Å². The molecule has 2 aliphatic rings. The lowest BCUT2D eigenvalue weighted by Gasteiger charge is -2.19. The second-order valence-corrected chi connectivity index (χ2v) is 8.48. The topological polar surface area (TPSA) is 111 Å². The quantitative estimate of drug-likeness (QED) is 0.426. The van der Waals surface area contributed by atoms with E-state index in [-0.39, 0.29) is 17.5 Å². The number of carbonyl (C=O) groups excluding carboxylic acids is 2. The summed E-state index contributed by atoms with van der Waals surface area (Å²) >= 11 is 0. The Labute approximate surface area is 208 Å². The van der Waals surface area contributed by atoms with Crippen LogP contribution < -0.4 is 30.2 Å². The Bertz CT molecular complexity index is 1350. The van der Waals surface area contributed by atoms with Crippen LogP contribution in [0, 0.1) is 0 Å². The molecule has 2 aliphatic heterocycles. The predicted molar refractivity (Wildman–Crippen MR) is 126 cm³/mol. The van der Waals surface area contributed by atoms with Gasteiger partial charge in [0.25, 0.3) is 0 Å². The third-order valence-electron chi connectivity index (χ3n) is 5.90. The number of carbonyl (C=O) groups is 2. The van der Waals surface area contributed by atoms with Crippen molar-refractivity contribution < 1.29 is 37.0 Å². The minimum atomic E-state index is -4.79. The Hall–Kier alpha value is -4.48. The van der Waals surface area contributed by atoms with Crippen molar-refractivity contribution in [1.29, 1.82) is 0 Å². The summed E-state index contributed by atoms with van der Waals surface area (Å²) in [6.07, 6.45) is -3.04. The molecule has 192 valence electrons. The summed E-state index contributed by atoms with van der Waals surface area (Å²) in [5.74, 6) is 1.53. The molecule has 5 rings (SSSR count). The number of amides is 3. The highest BCUT2D eigenvalue weighted by Gasteiger charge is 2.33. The minimum Gasteiger partial charge on any atom is -0.470 e. The molecule has 0 radical (unpaired) electrons. The van der Waals surface area contributed by atoms with Crippen molar-refractivity contribution in [3.63, 3.8) is 0 Å². The lowest BCUT2D eigenvalue weighted by atomic mass is 10.0. The van der Waals surface area contributed by atoms with Crippen molar-refractivity contribution in [2.75, 3.05) is 10.6 Å². The number of nitrogens with zero attached hydrogens (tertiary/aromatic N) is 1. The normalized spacial score (nSPS) is 18.1. The molecule has 2 atom stereocenters. The van der Waals surface area contributed by atoms with E-state index in [1.807, 2.05) is 13.0 Å². The zero-order chi connectivity index (χ0) is 26.2. The molecule has 0 saturated heterocycles. The van der Waals surface area contributed by atoms with E-state index >= 15 is 0 Å². The van der Waals surface area contributed by atoms with Gasteiger partial charge in [0.15, 0.2) is 6.23 Å². The highest BCUT2D eigenvalue weighted by molar-refractivity contribution is 5.93. The van der Waals surface area contributed by atoms with Gasteiger partial charge < -0.3 is 30.2 Å². The molecule has 3 amide bonds. The molecular weight excluding hydrogens is 493 g/mol. The first-order valence-corrected chi connectivity index (χ1v) is 11.3. The molecule has 3 aromatic rings. The summed E-state index contributed by atoms with van der Waals surface area (Å²) in [6, 6.07) is 11.3. The molecule has 0 bridgehead atoms. The molecule has 3 N–H and O–H groups in total. The van der Waals surface area contributed by atoms with Gasteiger partial charge in [0.05, 0.1) is 0 Å². The van der Waals surface area contributed by atoms with Crippen LogP contribution in [0.5, 0.6) is 23.0 Å². The number of urea groups is 1. The number of benzene rings is 2. The van der Waals surface area contributed by atoms with Gasteiger partial charge in [-0.1, -0.05) is 6.92 Å². The maximum atomic E-state index is 12.5. The second-order valence-electron chi connectivity index (χ2n) is 8.48. The molecule has 2 aromatic carbocycles. The van der Waals surface area contributed by atoms with E-state index in [9.17, 15) is 22.8 Å². The maximum Gasteiger partial charge on any atom is 0.573 e. The molecule has 9 nitrogen and oxygen atoms in total. The van der Waals surface area contributed by atoms with Crippen LogP contribution in [0.15, 0.2) is 54.7 Å². The number of hydrogen-bond donors (Lipinski definition) is 3. The molecule has 0 fully saturated rings. The second kappa shape index (κ2) is 9.52. The van der Waals surface area contributed by atoms with E-state index in [2.05, 4.69) is 25.7 Å². The number of aromatic nitrogens is 1. The fourth-order valence-electron chi connectivity index (χ4n) is 4.13. The third kappa shape index (κ3) is 5.52. The zero-order valence-corrected chi connectivity index (χ0v) is 19.4. The number of alkyl halides is 3. The van der Waals surface area contributed by atoms with E-state index in [0.29, 0.717) is 35.9 Å². The lowest BCUT2D eigenvalue weighted by molar-refractivity contribution is -0.274. The SMILES string of the molecule is CC1c2cc(Oc3ccnc4c3CCC(=O)N4)ccc2O[C@H]1NC(=O)Nc1ccc(OC(F)(F)F)cc1. The van der Waals surface area contributed by atoms with Crippen LogP contribution in [-0.4, -0.2) is 29.5 Å². The molecule has 1 unspecified atom stereocenters. The van der Waals surface area contributed by atoms with Gasteiger partial charge >= 0.3 is 12.4 Å². The van der Waals surface area contributed by atoms with Crippen LogP contribution in [0.25, 0.3) is 0 Å². The van der Waals surface area contributed by atoms with Gasteiger partial charge in [-0.2, -0.15) is 0 Å². The number of rotatable bonds is 5. The molecule has 12 heteroatoms. The predicted octanol–water partition coefficient (Wildman–Crippen LogP) is 5.30. The van der Waals surface area contributed by atoms with Crippen molar-refractivity contribution in [3.05, 3.63) is 65.9 Å². The number of halogens is 3. The summed E-state index contributed by atoms with van der Waals surface area (Å²) in [6.45, 7) is 1.88. The number of hydrogen-bond acceptors (Lipinski definition) is 6. The van der Waals surface area contributed by atoms with Gasteiger partial charge in [0.2, 0.25) is 5.91 Å². The van der Waals surface area contributed by atoms with E-state index in [1.54, 1.807) is 24.4 Å². The summed E-state index contributed by atoms with van der Waals surface area (Å²) in [4.78, 5) is 28.3. The molecule has 0 aliphatic carbocycles. The van der Waals surface area contributed by atoms with Crippen LogP contribution in [0.3, 0.4) is 0 Å². The lowest BCUT2D eigenvalue weighted by Crippen LogP contribution is -2.42. The van der Waals surface area contributed by atoms with Crippen LogP contribution in [0.2, 0.25) is 0 Å². The van der Waals surface area contributed by atoms with Gasteiger partial charge in [-0.3, -0.25) is 4.79 Å². The summed E-state index contributed by atoms with van der Waals surface area (Å²) in [7, 11) is 0. The molecule has 3 heterocycles. The molecule has 37 heavy (non-hydrogen) atoms. The average Bonchev–Trinajstić information content (AvgIpc) is 3.14. The summed E-state index contributed by atoms with van der Waals surface area (Å²) < 4.78 is 52.7. The molecule has 0 saturated carbocycles. The molecule has 0 spiro atoms. The number of anilines is 2. The highest BCUT2D eigenvalue weighted by atomic mass is 19.4. The van der Waals surface area contributed by atoms with Crippen molar-refractivity contribution in [2.24, 2.45) is 0 Å². The first-order chi connectivity index (χ1) is 17.6. The third-order valence-corrected chi connectivity index (χ3v) is 5.90. The fraction of sp³-hybridized carbons (Fsp3) is 0.240. The standard InChI is InChI=1S/C25H21F3N4O5/c1-13-18-12-16(35-20-10-11-29-22-17(20)7-9-21(33)31-22)6-8-19(18)36-23(13)32-24(34)30-14-2-4-15(5-3-14)37-25(26,27)28/h2-6,8,10-13,23H,7,9H2,1H3,(H,29,31,33)(H2,30,32,34)/t13?,23-/m1/s1. The van der Waals surface area contributed by atoms with E-state index in [0.717, 1.165) is 23.3 Å². The number of pyridine rings is 1. The number of nitrogens with one attached hydrogen (secondary N) is 3. The van der Waals surface area contributed by atoms with Gasteiger partial charge in [-0.05, 0) is 55.0 Å². The van der Waals surface area contributed by atoms with E-state index < -0.39 is 24.4 Å². The van der Waals surface area contributed by atoms with Gasteiger partial charge in [-0.15, -0.1) is 13.2 Å². The summed E-state index contributed by atoms with van der Waals surface area (Å²) in [5.41, 5.74) is 1.93. The fourth-order valence-corrected chi connectivity index (χ4v) is 4.13. The Kier molecular flexibility index (Phi) is 6.24. The van der Waals surface area contributed by atoms with Gasteiger partial charge in [0, 0.05) is 35.3 Å². The molecule has 1 aromatic heterocycles. The Morgan fingerprint density at radius 3 is 2.62 bits per heavy atom. The largest absolute Gasteiger partial charge is 0.573 e. The monoisotopic (exact) mass is 514 g/mol. The Balaban J connectivity index is 1.22. The van der Waals surface area contributed by atoms with Crippen molar-refractivity contribution in [2.45, 2.75) is 38.3 Å². The van der Waals surface area contributed by atoms with Crippen LogP contribution in [0.1, 0.15) is 30.4 Å². The maximum absolute atomic E-state index is 12.5. The van der Waals surface area contributed by atoms with Gasteiger partial charge in [0.1, 0.15) is 28.8 Å². The van der Waals surface area contributed by atoms with Crippen molar-refractivity contribution in [3.8, 4) is 23.0 Å². The summed E-state index contributed by atoms with van der Waals surface area (Å²) in [5, 5.41) is 8.01. The average molecular weight is 514 g/mol.